The van der Waals surface area contributed by atoms with Crippen LogP contribution in [0, 0.1) is 5.82 Å². The first-order valence-electron chi connectivity index (χ1n) is 4.31. The molecule has 90 valence electrons. The highest BCUT2D eigenvalue weighted by atomic mass is 35.5. The van der Waals surface area contributed by atoms with Crippen molar-refractivity contribution in [3.8, 4) is 0 Å². The van der Waals surface area contributed by atoms with Gasteiger partial charge in [0.15, 0.2) is 11.0 Å². The molecule has 0 bridgehead atoms. The standard InChI is InChI=1S/C9H9Cl2F3N2/c1-9(15,8(13)14)3-4-2-5(12)7(11)16-6(4)10/h2,8H,3,15H2,1H3. The van der Waals surface area contributed by atoms with Crippen LogP contribution in [0.3, 0.4) is 0 Å². The first kappa shape index (κ1) is 13.5. The van der Waals surface area contributed by atoms with Crippen molar-refractivity contribution in [2.75, 3.05) is 0 Å². The van der Waals surface area contributed by atoms with Crippen LogP contribution in [0.4, 0.5) is 13.2 Å². The maximum Gasteiger partial charge on any atom is 0.256 e. The maximum atomic E-state index is 13.1. The van der Waals surface area contributed by atoms with E-state index in [0.29, 0.717) is 0 Å². The van der Waals surface area contributed by atoms with Crippen molar-refractivity contribution in [2.45, 2.75) is 25.3 Å². The number of hydrogen-bond donors (Lipinski definition) is 1. The van der Waals surface area contributed by atoms with Crippen molar-refractivity contribution < 1.29 is 13.2 Å². The lowest BCUT2D eigenvalue weighted by Gasteiger charge is -2.23. The van der Waals surface area contributed by atoms with Crippen LogP contribution in [0.1, 0.15) is 12.5 Å². The minimum atomic E-state index is -2.75. The Morgan fingerprint density at radius 3 is 2.50 bits per heavy atom. The normalized spacial score (nSPS) is 15.2. The van der Waals surface area contributed by atoms with Gasteiger partial charge in [-0.2, -0.15) is 0 Å². The highest BCUT2D eigenvalue weighted by molar-refractivity contribution is 6.32. The molecular formula is C9H9Cl2F3N2. The van der Waals surface area contributed by atoms with Crippen LogP contribution < -0.4 is 5.73 Å². The highest BCUT2D eigenvalue weighted by Gasteiger charge is 2.31. The molecule has 0 radical (unpaired) electrons. The second-order valence-electron chi connectivity index (χ2n) is 3.69. The lowest BCUT2D eigenvalue weighted by atomic mass is 9.95. The topological polar surface area (TPSA) is 38.9 Å². The Balaban J connectivity index is 3.02. The Bertz CT molecular complexity index is 397. The van der Waals surface area contributed by atoms with E-state index in [1.165, 1.54) is 0 Å². The van der Waals surface area contributed by atoms with Gasteiger partial charge in [-0.05, 0) is 25.0 Å². The third-order valence-corrected chi connectivity index (χ3v) is 2.62. The summed E-state index contributed by atoms with van der Waals surface area (Å²) >= 11 is 11.0. The van der Waals surface area contributed by atoms with Gasteiger partial charge in [0.2, 0.25) is 0 Å². The number of alkyl halides is 2. The molecule has 0 saturated heterocycles. The molecule has 16 heavy (non-hydrogen) atoms. The molecule has 0 fully saturated rings. The summed E-state index contributed by atoms with van der Waals surface area (Å²) in [5.74, 6) is -0.814. The van der Waals surface area contributed by atoms with Gasteiger partial charge >= 0.3 is 0 Å². The maximum absolute atomic E-state index is 13.1. The first-order valence-corrected chi connectivity index (χ1v) is 5.07. The van der Waals surface area contributed by atoms with Gasteiger partial charge < -0.3 is 5.73 Å². The Hall–Kier alpha value is -0.520. The van der Waals surface area contributed by atoms with Gasteiger partial charge in [-0.3, -0.25) is 0 Å². The van der Waals surface area contributed by atoms with Crippen molar-refractivity contribution >= 4 is 23.2 Å². The van der Waals surface area contributed by atoms with E-state index in [1.807, 2.05) is 0 Å². The number of hydrogen-bond acceptors (Lipinski definition) is 2. The van der Waals surface area contributed by atoms with E-state index in [4.69, 9.17) is 28.9 Å². The number of nitrogens with zero attached hydrogens (tertiary/aromatic N) is 1. The van der Waals surface area contributed by atoms with Crippen molar-refractivity contribution in [1.82, 2.24) is 4.98 Å². The van der Waals surface area contributed by atoms with Crippen LogP contribution in [0.5, 0.6) is 0 Å². The van der Waals surface area contributed by atoms with Gasteiger partial charge in [0.05, 0.1) is 5.54 Å². The zero-order chi connectivity index (χ0) is 12.5. The van der Waals surface area contributed by atoms with Crippen LogP contribution in [-0.2, 0) is 6.42 Å². The fraction of sp³-hybridized carbons (Fsp3) is 0.444. The second kappa shape index (κ2) is 4.77. The average molecular weight is 273 g/mol. The van der Waals surface area contributed by atoms with Gasteiger partial charge in [0.1, 0.15) is 5.15 Å². The number of rotatable bonds is 3. The van der Waals surface area contributed by atoms with Crippen molar-refractivity contribution in [2.24, 2.45) is 5.73 Å². The number of aromatic nitrogens is 1. The van der Waals surface area contributed by atoms with E-state index in [1.54, 1.807) is 0 Å². The zero-order valence-electron chi connectivity index (χ0n) is 8.28. The minimum absolute atomic E-state index is 0.105. The number of nitrogens with two attached hydrogens (primary N) is 1. The molecule has 1 heterocycles. The monoisotopic (exact) mass is 272 g/mol. The molecule has 0 saturated carbocycles. The molecular weight excluding hydrogens is 264 g/mol. The molecule has 2 nitrogen and oxygen atoms in total. The van der Waals surface area contributed by atoms with E-state index in [9.17, 15) is 13.2 Å². The van der Waals surface area contributed by atoms with Gasteiger partial charge in [-0.1, -0.05) is 23.2 Å². The van der Waals surface area contributed by atoms with Crippen LogP contribution >= 0.6 is 23.2 Å². The molecule has 1 unspecified atom stereocenters. The van der Waals surface area contributed by atoms with Crippen molar-refractivity contribution in [3.05, 3.63) is 27.8 Å². The Kier molecular flexibility index (Phi) is 4.04. The lowest BCUT2D eigenvalue weighted by Crippen LogP contribution is -2.46. The third kappa shape index (κ3) is 2.99. The largest absolute Gasteiger partial charge is 0.320 e. The van der Waals surface area contributed by atoms with Crippen LogP contribution in [-0.4, -0.2) is 16.9 Å². The molecule has 0 aliphatic carbocycles. The van der Waals surface area contributed by atoms with Crippen molar-refractivity contribution in [3.63, 3.8) is 0 Å². The van der Waals surface area contributed by atoms with Gasteiger partial charge in [0.25, 0.3) is 6.43 Å². The SMILES string of the molecule is CC(N)(Cc1cc(F)c(Cl)nc1Cl)C(F)F. The Morgan fingerprint density at radius 1 is 1.44 bits per heavy atom. The molecule has 1 aromatic heterocycles. The second-order valence-corrected chi connectivity index (χ2v) is 4.41. The molecule has 0 spiro atoms. The van der Waals surface area contributed by atoms with Gasteiger partial charge in [-0.15, -0.1) is 0 Å². The summed E-state index contributed by atoms with van der Waals surface area (Å²) in [6.07, 6.45) is -3.03. The molecule has 7 heteroatoms. The van der Waals surface area contributed by atoms with Crippen LogP contribution in [0.15, 0.2) is 6.07 Å². The third-order valence-electron chi connectivity index (χ3n) is 2.03. The molecule has 1 aromatic rings. The van der Waals surface area contributed by atoms with Gasteiger partial charge in [-0.25, -0.2) is 18.2 Å². The van der Waals surface area contributed by atoms with Crippen LogP contribution in [0.2, 0.25) is 10.3 Å². The summed E-state index contributed by atoms with van der Waals surface area (Å²) in [6.45, 7) is 1.15. The molecule has 0 amide bonds. The van der Waals surface area contributed by atoms with Crippen molar-refractivity contribution in [1.29, 1.82) is 0 Å². The molecule has 0 aliphatic heterocycles. The summed E-state index contributed by atoms with van der Waals surface area (Å²) in [5.41, 5.74) is 3.68. The van der Waals surface area contributed by atoms with E-state index in [2.05, 4.69) is 4.98 Å². The fourth-order valence-electron chi connectivity index (χ4n) is 1.09. The Morgan fingerprint density at radius 2 is 2.00 bits per heavy atom. The van der Waals surface area contributed by atoms with E-state index in [0.717, 1.165) is 13.0 Å². The number of halogens is 5. The molecule has 0 aliphatic rings. The average Bonchev–Trinajstić information content (AvgIpc) is 2.13. The predicted molar refractivity (Wildman–Crippen MR) is 56.5 cm³/mol. The Labute approximate surface area is 101 Å². The summed E-state index contributed by atoms with van der Waals surface area (Å²) in [5, 5.41) is -0.520. The smallest absolute Gasteiger partial charge is 0.256 e. The highest BCUT2D eigenvalue weighted by Crippen LogP contribution is 2.25. The molecule has 1 rings (SSSR count). The summed E-state index contributed by atoms with van der Waals surface area (Å²) in [4.78, 5) is 3.47. The van der Waals surface area contributed by atoms with Gasteiger partial charge in [0, 0.05) is 0 Å². The van der Waals surface area contributed by atoms with E-state index >= 15 is 0 Å². The lowest BCUT2D eigenvalue weighted by molar-refractivity contribution is 0.0639. The first-order chi connectivity index (χ1) is 7.24. The minimum Gasteiger partial charge on any atom is -0.320 e. The molecule has 0 aromatic carbocycles. The summed E-state index contributed by atoms with van der Waals surface area (Å²) in [7, 11) is 0. The van der Waals surface area contributed by atoms with Crippen LogP contribution in [0.25, 0.3) is 0 Å². The van der Waals surface area contributed by atoms with E-state index in [-0.39, 0.29) is 17.1 Å². The van der Waals surface area contributed by atoms with E-state index < -0.39 is 22.9 Å². The molecule has 2 N–H and O–H groups in total. The summed E-state index contributed by atoms with van der Waals surface area (Å²) in [6, 6.07) is 0.963. The number of pyridine rings is 1. The predicted octanol–water partition coefficient (Wildman–Crippen LogP) is 3.05. The zero-order valence-corrected chi connectivity index (χ0v) is 9.79. The summed E-state index contributed by atoms with van der Waals surface area (Å²) < 4.78 is 38.1. The molecule has 1 atom stereocenters. The fourth-order valence-corrected chi connectivity index (χ4v) is 1.48. The quantitative estimate of drug-likeness (QED) is 0.859.